The zero-order valence-electron chi connectivity index (χ0n) is 7.18. The zero-order valence-corrected chi connectivity index (χ0v) is 8.81. The van der Waals surface area contributed by atoms with Crippen LogP contribution in [-0.2, 0) is 0 Å². The smallest absolute Gasteiger partial charge is 0.123 e. The number of thiocarbonyl (C=S) groups is 1. The molecule has 1 aromatic carbocycles. The topological polar surface area (TPSA) is 25.2 Å². The summed E-state index contributed by atoms with van der Waals surface area (Å²) in [5.41, 5.74) is 1.87. The molecule has 0 fully saturated rings. The van der Waals surface area contributed by atoms with Gasteiger partial charge in [0, 0.05) is 17.1 Å². The second-order valence-electron chi connectivity index (χ2n) is 2.59. The van der Waals surface area contributed by atoms with Gasteiger partial charge in [-0.05, 0) is 24.4 Å². The second-order valence-corrected chi connectivity index (χ2v) is 3.67. The van der Waals surface area contributed by atoms with Gasteiger partial charge in [0.25, 0.3) is 0 Å². The summed E-state index contributed by atoms with van der Waals surface area (Å²) in [7, 11) is 0. The van der Waals surface area contributed by atoms with Gasteiger partial charge in [0.05, 0.1) is 10.8 Å². The Labute approximate surface area is 91.0 Å². The van der Waals surface area contributed by atoms with Gasteiger partial charge in [0.1, 0.15) is 5.01 Å². The van der Waals surface area contributed by atoms with Crippen LogP contribution in [0.2, 0.25) is 0 Å². The van der Waals surface area contributed by atoms with Gasteiger partial charge >= 0.3 is 0 Å². The largest absolute Gasteiger partial charge is 0.245 e. The summed E-state index contributed by atoms with van der Waals surface area (Å²) in [4.78, 5) is 8.14. The van der Waals surface area contributed by atoms with Crippen molar-refractivity contribution < 1.29 is 0 Å². The van der Waals surface area contributed by atoms with E-state index in [-0.39, 0.29) is 0 Å². The van der Waals surface area contributed by atoms with Crippen molar-refractivity contribution in [1.29, 1.82) is 0 Å². The third-order valence-electron chi connectivity index (χ3n) is 1.70. The molecule has 4 heteroatoms. The van der Waals surface area contributed by atoms with E-state index in [0.717, 1.165) is 16.3 Å². The molecule has 0 spiro atoms. The van der Waals surface area contributed by atoms with Crippen LogP contribution in [0.3, 0.4) is 0 Å². The molecule has 0 aliphatic rings. The molecule has 1 heterocycles. The highest BCUT2D eigenvalue weighted by Crippen LogP contribution is 2.25. The number of nitrogens with zero attached hydrogens (tertiary/aromatic N) is 2. The Balaban J connectivity index is 2.45. The van der Waals surface area contributed by atoms with Crippen molar-refractivity contribution in [2.75, 3.05) is 0 Å². The lowest BCUT2D eigenvalue weighted by Gasteiger charge is -1.96. The van der Waals surface area contributed by atoms with E-state index in [0.29, 0.717) is 0 Å². The maximum atomic E-state index is 4.55. The number of rotatable bonds is 2. The third-order valence-corrected chi connectivity index (χ3v) is 2.61. The van der Waals surface area contributed by atoms with E-state index in [1.54, 1.807) is 17.5 Å². The van der Waals surface area contributed by atoms with E-state index < -0.39 is 0 Å². The number of aromatic nitrogens is 1. The van der Waals surface area contributed by atoms with Gasteiger partial charge in [-0.1, -0.05) is 12.1 Å². The number of isothiocyanates is 1. The lowest BCUT2D eigenvalue weighted by atomic mass is 10.2. The van der Waals surface area contributed by atoms with E-state index in [1.165, 1.54) is 0 Å². The van der Waals surface area contributed by atoms with Gasteiger partial charge in [0.15, 0.2) is 0 Å². The van der Waals surface area contributed by atoms with Crippen LogP contribution in [0.15, 0.2) is 40.8 Å². The standard InChI is InChI=1S/C10H6N2S2/c13-7-12-9-3-1-2-8(6-9)10-11-4-5-14-10/h1-6H. The summed E-state index contributed by atoms with van der Waals surface area (Å²) in [5.74, 6) is 0. The third kappa shape index (κ3) is 1.93. The molecular weight excluding hydrogens is 212 g/mol. The minimum Gasteiger partial charge on any atom is -0.245 e. The molecule has 0 bridgehead atoms. The monoisotopic (exact) mass is 218 g/mol. The first-order valence-electron chi connectivity index (χ1n) is 3.98. The van der Waals surface area contributed by atoms with E-state index in [2.05, 4.69) is 27.4 Å². The fraction of sp³-hybridized carbons (Fsp3) is 0. The summed E-state index contributed by atoms with van der Waals surface area (Å²) < 4.78 is 0. The van der Waals surface area contributed by atoms with Crippen LogP contribution >= 0.6 is 23.6 Å². The summed E-state index contributed by atoms with van der Waals surface area (Å²) in [5, 5.41) is 5.29. The van der Waals surface area contributed by atoms with Gasteiger partial charge in [-0.2, -0.15) is 4.99 Å². The summed E-state index contributed by atoms with van der Waals surface area (Å²) >= 11 is 6.15. The molecule has 0 saturated heterocycles. The van der Waals surface area contributed by atoms with E-state index in [9.17, 15) is 0 Å². The Morgan fingerprint density at radius 2 is 2.36 bits per heavy atom. The first kappa shape index (κ1) is 9.21. The van der Waals surface area contributed by atoms with Crippen molar-refractivity contribution in [3.63, 3.8) is 0 Å². The molecule has 0 aliphatic heterocycles. The highest BCUT2D eigenvalue weighted by molar-refractivity contribution is 7.78. The first-order chi connectivity index (χ1) is 6.90. The Morgan fingerprint density at radius 1 is 1.43 bits per heavy atom. The average molecular weight is 218 g/mol. The van der Waals surface area contributed by atoms with Crippen molar-refractivity contribution in [2.24, 2.45) is 4.99 Å². The fourth-order valence-corrected chi connectivity index (χ4v) is 1.87. The Hall–Kier alpha value is -1.35. The van der Waals surface area contributed by atoms with Gasteiger partial charge in [0.2, 0.25) is 0 Å². The van der Waals surface area contributed by atoms with Crippen molar-refractivity contribution in [3.8, 4) is 10.6 Å². The molecule has 0 atom stereocenters. The Bertz CT molecular complexity index is 471. The summed E-state index contributed by atoms with van der Waals surface area (Å²) in [6.45, 7) is 0. The highest BCUT2D eigenvalue weighted by Gasteiger charge is 1.99. The predicted octanol–water partition coefficient (Wildman–Crippen LogP) is 3.54. The van der Waals surface area contributed by atoms with Crippen LogP contribution in [0, 0.1) is 0 Å². The minimum absolute atomic E-state index is 0.813. The molecule has 0 N–H and O–H groups in total. The maximum absolute atomic E-state index is 4.55. The van der Waals surface area contributed by atoms with Gasteiger partial charge in [-0.15, -0.1) is 11.3 Å². The molecule has 0 radical (unpaired) electrons. The van der Waals surface area contributed by atoms with Crippen molar-refractivity contribution in [2.45, 2.75) is 0 Å². The lowest BCUT2D eigenvalue weighted by molar-refractivity contribution is 1.41. The second kappa shape index (κ2) is 4.24. The molecule has 2 nitrogen and oxygen atoms in total. The van der Waals surface area contributed by atoms with Crippen LogP contribution < -0.4 is 0 Å². The molecule has 1 aromatic heterocycles. The Morgan fingerprint density at radius 3 is 3.07 bits per heavy atom. The molecule has 0 amide bonds. The lowest BCUT2D eigenvalue weighted by Crippen LogP contribution is -1.73. The predicted molar refractivity (Wildman–Crippen MR) is 62.2 cm³/mol. The van der Waals surface area contributed by atoms with E-state index in [4.69, 9.17) is 0 Å². The molecular formula is C10H6N2S2. The number of thiazole rings is 1. The SMILES string of the molecule is S=C=Nc1cccc(-c2nccs2)c1. The van der Waals surface area contributed by atoms with Gasteiger partial charge in [-0.3, -0.25) is 0 Å². The highest BCUT2D eigenvalue weighted by atomic mass is 32.1. The van der Waals surface area contributed by atoms with Crippen LogP contribution in [0.25, 0.3) is 10.6 Å². The van der Waals surface area contributed by atoms with Crippen LogP contribution in [0.4, 0.5) is 5.69 Å². The van der Waals surface area contributed by atoms with Crippen molar-refractivity contribution in [1.82, 2.24) is 4.98 Å². The summed E-state index contributed by atoms with van der Waals surface area (Å²) in [6.07, 6.45) is 1.79. The molecule has 2 rings (SSSR count). The van der Waals surface area contributed by atoms with Crippen LogP contribution in [0.1, 0.15) is 0 Å². The maximum Gasteiger partial charge on any atom is 0.123 e. The molecule has 0 aliphatic carbocycles. The minimum atomic E-state index is 0.813. The fourth-order valence-electron chi connectivity index (χ4n) is 1.13. The van der Waals surface area contributed by atoms with Crippen LogP contribution in [-0.4, -0.2) is 10.1 Å². The van der Waals surface area contributed by atoms with E-state index >= 15 is 0 Å². The van der Waals surface area contributed by atoms with Crippen LogP contribution in [0.5, 0.6) is 0 Å². The molecule has 0 saturated carbocycles. The van der Waals surface area contributed by atoms with E-state index in [1.807, 2.05) is 29.6 Å². The summed E-state index contributed by atoms with van der Waals surface area (Å²) in [6, 6.07) is 7.76. The van der Waals surface area contributed by atoms with Crippen molar-refractivity contribution in [3.05, 3.63) is 35.8 Å². The Kier molecular flexibility index (Phi) is 2.79. The number of benzene rings is 1. The van der Waals surface area contributed by atoms with Crippen molar-refractivity contribution >= 4 is 34.4 Å². The number of hydrogen-bond acceptors (Lipinski definition) is 4. The van der Waals surface area contributed by atoms with Gasteiger partial charge in [-0.25, -0.2) is 4.98 Å². The first-order valence-corrected chi connectivity index (χ1v) is 5.27. The normalized spacial score (nSPS) is 9.43. The molecule has 2 aromatic rings. The number of hydrogen-bond donors (Lipinski definition) is 0. The molecule has 0 unspecified atom stereocenters. The zero-order chi connectivity index (χ0) is 9.80. The quantitative estimate of drug-likeness (QED) is 0.569. The molecule has 14 heavy (non-hydrogen) atoms. The average Bonchev–Trinajstić information content (AvgIpc) is 2.71. The number of aliphatic imine (C=N–C) groups is 1. The molecule has 68 valence electrons. The van der Waals surface area contributed by atoms with Gasteiger partial charge < -0.3 is 0 Å².